The molecule has 18 heavy (non-hydrogen) atoms. The zero-order chi connectivity index (χ0) is 14.0. The normalized spacial score (nSPS) is 24.5. The van der Waals surface area contributed by atoms with Gasteiger partial charge < -0.3 is 0 Å². The van der Waals surface area contributed by atoms with Crippen molar-refractivity contribution in [1.82, 2.24) is 0 Å². The van der Waals surface area contributed by atoms with Gasteiger partial charge >= 0.3 is 0 Å². The molecular weight excluding hydrogens is 312 g/mol. The van der Waals surface area contributed by atoms with Crippen LogP contribution in [0, 0.1) is 0 Å². The van der Waals surface area contributed by atoms with Gasteiger partial charge in [0.05, 0.1) is 19.0 Å². The Hall–Kier alpha value is -0.270. The van der Waals surface area contributed by atoms with Gasteiger partial charge in [-0.25, -0.2) is 0 Å². The summed E-state index contributed by atoms with van der Waals surface area (Å²) in [5, 5.41) is 0. The third-order valence-electron chi connectivity index (χ3n) is 2.06. The quantitative estimate of drug-likeness (QED) is 0.492. The molecule has 0 aromatic carbocycles. The highest BCUT2D eigenvalue weighted by Crippen LogP contribution is 2.22. The number of hydrogen-bond donors (Lipinski definition) is 1. The maximum Gasteiger partial charge on any atom is 0.287 e. The summed E-state index contributed by atoms with van der Waals surface area (Å²) in [5.74, 6) is -0.742. The molecule has 12 heteroatoms. The summed E-state index contributed by atoms with van der Waals surface area (Å²) in [6, 6.07) is 0. The van der Waals surface area contributed by atoms with Gasteiger partial charge in [-0.1, -0.05) is 0 Å². The van der Waals surface area contributed by atoms with E-state index in [2.05, 4.69) is 8.37 Å². The van der Waals surface area contributed by atoms with Crippen LogP contribution >= 0.6 is 0 Å². The third-order valence-corrected chi connectivity index (χ3v) is 7.03. The van der Waals surface area contributed by atoms with Gasteiger partial charge in [0.2, 0.25) is 4.58 Å². The largest absolute Gasteiger partial charge is 0.287 e. The van der Waals surface area contributed by atoms with Crippen LogP contribution in [-0.4, -0.2) is 53.4 Å². The van der Waals surface area contributed by atoms with Gasteiger partial charge in [0.1, 0.15) is 0 Å². The zero-order valence-corrected chi connectivity index (χ0v) is 11.5. The highest BCUT2D eigenvalue weighted by atomic mass is 32.3. The Balaban J connectivity index is 2.87. The summed E-state index contributed by atoms with van der Waals surface area (Å²) >= 11 is 0. The van der Waals surface area contributed by atoms with Gasteiger partial charge in [-0.15, -0.1) is 0 Å². The van der Waals surface area contributed by atoms with Crippen LogP contribution in [0.3, 0.4) is 0 Å². The smallest absolute Gasteiger partial charge is 0.286 e. The van der Waals surface area contributed by atoms with E-state index < -0.39 is 60.3 Å². The molecule has 0 aromatic heterocycles. The minimum absolute atomic E-state index is 0.353. The lowest BCUT2D eigenvalue weighted by atomic mass is 10.4. The average Bonchev–Trinajstić information content (AvgIpc) is 2.25. The SMILES string of the molecule is O=S(=O)(O)CCCC1S(=O)(=O)OCCOS1(=O)=O. The fourth-order valence-corrected chi connectivity index (χ4v) is 5.15. The predicted octanol–water partition coefficient (Wildman–Crippen LogP) is -1.31. The van der Waals surface area contributed by atoms with Crippen molar-refractivity contribution >= 4 is 30.4 Å². The molecule has 0 bridgehead atoms. The topological polar surface area (TPSA) is 141 Å². The Labute approximate surface area is 105 Å². The number of hydrogen-bond acceptors (Lipinski definition) is 8. The van der Waals surface area contributed by atoms with Crippen LogP contribution in [-0.2, 0) is 38.7 Å². The van der Waals surface area contributed by atoms with E-state index in [1.54, 1.807) is 0 Å². The van der Waals surface area contributed by atoms with Crippen molar-refractivity contribution in [1.29, 1.82) is 0 Å². The minimum atomic E-state index is -4.37. The van der Waals surface area contributed by atoms with Crippen molar-refractivity contribution in [2.45, 2.75) is 17.4 Å². The Bertz CT molecular complexity index is 548. The van der Waals surface area contributed by atoms with Crippen LogP contribution in [0.5, 0.6) is 0 Å². The van der Waals surface area contributed by atoms with E-state index in [-0.39, 0.29) is 6.42 Å². The molecule has 1 fully saturated rings. The first kappa shape index (κ1) is 15.8. The fourth-order valence-electron chi connectivity index (χ4n) is 1.32. The highest BCUT2D eigenvalue weighted by Gasteiger charge is 2.41. The molecule has 1 aliphatic heterocycles. The van der Waals surface area contributed by atoms with E-state index in [1.807, 2.05) is 0 Å². The summed E-state index contributed by atoms with van der Waals surface area (Å²) in [6.45, 7) is -0.841. The standard InChI is InChI=1S/C6H12O9S3/c7-16(8,9)5-1-2-6-17(10,11)14-3-4-15-18(6,12)13/h6H,1-5H2,(H,7,8,9). The van der Waals surface area contributed by atoms with E-state index in [9.17, 15) is 25.3 Å². The van der Waals surface area contributed by atoms with Crippen molar-refractivity contribution in [3.05, 3.63) is 0 Å². The molecular formula is C6H12O9S3. The van der Waals surface area contributed by atoms with Crippen molar-refractivity contribution in [3.8, 4) is 0 Å². The van der Waals surface area contributed by atoms with Crippen molar-refractivity contribution in [3.63, 3.8) is 0 Å². The third kappa shape index (κ3) is 4.44. The van der Waals surface area contributed by atoms with Crippen molar-refractivity contribution < 1.29 is 38.2 Å². The zero-order valence-electron chi connectivity index (χ0n) is 9.05. The minimum Gasteiger partial charge on any atom is -0.286 e. The summed E-state index contributed by atoms with van der Waals surface area (Å²) < 4.78 is 82.1. The molecule has 0 saturated carbocycles. The second kappa shape index (κ2) is 5.38. The maximum atomic E-state index is 11.5. The summed E-state index contributed by atoms with van der Waals surface area (Å²) in [7, 11) is -13.0. The van der Waals surface area contributed by atoms with Crippen LogP contribution < -0.4 is 0 Å². The van der Waals surface area contributed by atoms with Gasteiger partial charge in [0.25, 0.3) is 30.4 Å². The molecule has 0 aromatic rings. The van der Waals surface area contributed by atoms with Crippen LogP contribution in [0.1, 0.15) is 12.8 Å². The van der Waals surface area contributed by atoms with Crippen molar-refractivity contribution in [2.24, 2.45) is 0 Å². The first-order valence-electron chi connectivity index (χ1n) is 4.76. The highest BCUT2D eigenvalue weighted by molar-refractivity contribution is 8.04. The predicted molar refractivity (Wildman–Crippen MR) is 59.2 cm³/mol. The molecule has 0 unspecified atom stereocenters. The monoisotopic (exact) mass is 324 g/mol. The Morgan fingerprint density at radius 2 is 1.50 bits per heavy atom. The van der Waals surface area contributed by atoms with Gasteiger partial charge in [-0.2, -0.15) is 25.3 Å². The van der Waals surface area contributed by atoms with Gasteiger partial charge in [-0.05, 0) is 12.8 Å². The number of rotatable bonds is 4. The maximum absolute atomic E-state index is 11.5. The Morgan fingerprint density at radius 1 is 1.06 bits per heavy atom. The first-order valence-corrected chi connectivity index (χ1v) is 9.31. The molecule has 1 N–H and O–H groups in total. The van der Waals surface area contributed by atoms with Crippen LogP contribution in [0.2, 0.25) is 0 Å². The van der Waals surface area contributed by atoms with E-state index in [0.29, 0.717) is 0 Å². The second-order valence-corrected chi connectivity index (χ2v) is 8.94. The van der Waals surface area contributed by atoms with Crippen LogP contribution in [0.25, 0.3) is 0 Å². The first-order chi connectivity index (χ1) is 8.05. The summed E-state index contributed by atoms with van der Waals surface area (Å²) in [6.07, 6.45) is -0.890. The molecule has 1 heterocycles. The Morgan fingerprint density at radius 3 is 1.89 bits per heavy atom. The molecule has 0 amide bonds. The van der Waals surface area contributed by atoms with E-state index in [0.717, 1.165) is 0 Å². The van der Waals surface area contributed by atoms with E-state index in [4.69, 9.17) is 4.55 Å². The lowest BCUT2D eigenvalue weighted by Crippen LogP contribution is -2.31. The van der Waals surface area contributed by atoms with Crippen molar-refractivity contribution in [2.75, 3.05) is 19.0 Å². The fraction of sp³-hybridized carbons (Fsp3) is 1.00. The van der Waals surface area contributed by atoms with Crippen LogP contribution in [0.4, 0.5) is 0 Å². The lowest BCUT2D eigenvalue weighted by Gasteiger charge is -2.12. The molecule has 1 rings (SSSR count). The van der Waals surface area contributed by atoms with E-state index >= 15 is 0 Å². The molecule has 1 saturated heterocycles. The summed E-state index contributed by atoms with van der Waals surface area (Å²) in [5.41, 5.74) is 0. The molecule has 1 aliphatic rings. The Kier molecular flexibility index (Phi) is 4.72. The molecule has 0 spiro atoms. The van der Waals surface area contributed by atoms with Gasteiger partial charge in [-0.3, -0.25) is 12.9 Å². The average molecular weight is 324 g/mol. The molecule has 0 atom stereocenters. The van der Waals surface area contributed by atoms with E-state index in [1.165, 1.54) is 0 Å². The molecule has 9 nitrogen and oxygen atoms in total. The molecule has 0 aliphatic carbocycles. The summed E-state index contributed by atoms with van der Waals surface area (Å²) in [4.78, 5) is 0. The molecule has 0 radical (unpaired) electrons. The van der Waals surface area contributed by atoms with Gasteiger partial charge in [0.15, 0.2) is 0 Å². The lowest BCUT2D eigenvalue weighted by molar-refractivity contribution is 0.237. The van der Waals surface area contributed by atoms with Crippen LogP contribution in [0.15, 0.2) is 0 Å². The second-order valence-electron chi connectivity index (χ2n) is 3.49. The molecule has 108 valence electrons. The van der Waals surface area contributed by atoms with Gasteiger partial charge in [0, 0.05) is 0 Å².